The minimum absolute atomic E-state index is 0.0657. The molecule has 6 heteroatoms. The first-order chi connectivity index (χ1) is 12.7. The van der Waals surface area contributed by atoms with E-state index < -0.39 is 0 Å². The van der Waals surface area contributed by atoms with Gasteiger partial charge in [-0.3, -0.25) is 4.79 Å². The Kier molecular flexibility index (Phi) is 5.04. The second-order valence-corrected chi connectivity index (χ2v) is 8.04. The van der Waals surface area contributed by atoms with Gasteiger partial charge >= 0.3 is 0 Å². The van der Waals surface area contributed by atoms with Gasteiger partial charge in [0.05, 0.1) is 17.8 Å². The lowest BCUT2D eigenvalue weighted by Crippen LogP contribution is -2.33. The Morgan fingerprint density at radius 3 is 2.81 bits per heavy atom. The third-order valence-corrected chi connectivity index (χ3v) is 6.31. The predicted molar refractivity (Wildman–Crippen MR) is 105 cm³/mol. The molecule has 1 aromatic heterocycles. The molecule has 1 aliphatic heterocycles. The molecule has 0 saturated carbocycles. The molecule has 0 unspecified atom stereocenters. The van der Waals surface area contributed by atoms with Crippen molar-refractivity contribution in [2.45, 2.75) is 17.7 Å². The molecule has 26 heavy (non-hydrogen) atoms. The van der Waals surface area contributed by atoms with Crippen LogP contribution in [0.15, 0.2) is 58.8 Å². The number of amides is 1. The molecule has 0 bridgehead atoms. The number of aromatic nitrogens is 1. The average molecular weight is 385 g/mol. The van der Waals surface area contributed by atoms with Crippen LogP contribution in [0.5, 0.6) is 0 Å². The summed E-state index contributed by atoms with van der Waals surface area (Å²) < 4.78 is 13.1. The lowest BCUT2D eigenvalue weighted by molar-refractivity contribution is -0.118. The van der Waals surface area contributed by atoms with Gasteiger partial charge in [-0.15, -0.1) is 23.1 Å². The second-order valence-electron chi connectivity index (χ2n) is 6.04. The van der Waals surface area contributed by atoms with Crippen LogP contribution >= 0.6 is 23.1 Å². The monoisotopic (exact) mass is 384 g/mol. The van der Waals surface area contributed by atoms with Crippen molar-refractivity contribution in [3.8, 4) is 10.6 Å². The maximum atomic E-state index is 13.1. The molecule has 4 rings (SSSR count). The predicted octanol–water partition coefficient (Wildman–Crippen LogP) is 5.02. The van der Waals surface area contributed by atoms with Crippen LogP contribution in [0.1, 0.15) is 12.1 Å². The molecule has 0 fully saturated rings. The number of benzene rings is 2. The van der Waals surface area contributed by atoms with E-state index in [0.29, 0.717) is 0 Å². The third kappa shape index (κ3) is 3.66. The van der Waals surface area contributed by atoms with E-state index >= 15 is 0 Å². The van der Waals surface area contributed by atoms with Gasteiger partial charge in [0.2, 0.25) is 5.91 Å². The van der Waals surface area contributed by atoms with E-state index in [9.17, 15) is 9.18 Å². The van der Waals surface area contributed by atoms with Crippen LogP contribution in [0.25, 0.3) is 10.6 Å². The van der Waals surface area contributed by atoms with Gasteiger partial charge in [-0.05, 0) is 48.6 Å². The minimum atomic E-state index is -0.265. The van der Waals surface area contributed by atoms with E-state index in [0.717, 1.165) is 45.6 Å². The maximum Gasteiger partial charge on any atom is 0.233 e. The molecule has 0 atom stereocenters. The molecule has 0 N–H and O–H groups in total. The number of thioether (sulfide) groups is 1. The fraction of sp³-hybridized carbons (Fsp3) is 0.200. The summed E-state index contributed by atoms with van der Waals surface area (Å²) in [5.74, 6) is 0.820. The van der Waals surface area contributed by atoms with Crippen LogP contribution in [0.3, 0.4) is 0 Å². The van der Waals surface area contributed by atoms with Crippen LogP contribution in [0.2, 0.25) is 0 Å². The summed E-state index contributed by atoms with van der Waals surface area (Å²) >= 11 is 3.28. The molecule has 0 spiro atoms. The summed E-state index contributed by atoms with van der Waals surface area (Å²) in [7, 11) is 0. The van der Waals surface area contributed by atoms with Gasteiger partial charge in [0.15, 0.2) is 0 Å². The number of hydrogen-bond donors (Lipinski definition) is 0. The van der Waals surface area contributed by atoms with Gasteiger partial charge in [0, 0.05) is 22.4 Å². The van der Waals surface area contributed by atoms with Gasteiger partial charge in [-0.1, -0.05) is 12.1 Å². The first kappa shape index (κ1) is 17.2. The van der Waals surface area contributed by atoms with Crippen LogP contribution in [-0.4, -0.2) is 23.2 Å². The van der Waals surface area contributed by atoms with Crippen LogP contribution in [-0.2, 0) is 11.2 Å². The number of carbonyl (C=O) groups is 1. The van der Waals surface area contributed by atoms with Crippen molar-refractivity contribution >= 4 is 34.7 Å². The fourth-order valence-electron chi connectivity index (χ4n) is 2.95. The molecular formula is C20H17FN2OS2. The minimum Gasteiger partial charge on any atom is -0.311 e. The molecule has 0 aliphatic carbocycles. The van der Waals surface area contributed by atoms with Crippen molar-refractivity contribution in [1.82, 2.24) is 4.98 Å². The molecule has 2 heterocycles. The van der Waals surface area contributed by atoms with Crippen molar-refractivity contribution in [1.29, 1.82) is 0 Å². The van der Waals surface area contributed by atoms with Gasteiger partial charge in [0.25, 0.3) is 0 Å². The van der Waals surface area contributed by atoms with E-state index in [1.165, 1.54) is 23.5 Å². The Balaban J connectivity index is 1.53. The number of para-hydroxylation sites is 1. The molecular weight excluding hydrogens is 367 g/mol. The SMILES string of the molecule is O=C(Cc1csc(-c2ccc(F)cc2)n1)N1CCCSc2ccccc21. The largest absolute Gasteiger partial charge is 0.311 e. The Morgan fingerprint density at radius 1 is 1.15 bits per heavy atom. The van der Waals surface area contributed by atoms with Crippen molar-refractivity contribution < 1.29 is 9.18 Å². The van der Waals surface area contributed by atoms with E-state index in [4.69, 9.17) is 0 Å². The molecule has 0 radical (unpaired) electrons. The Labute approximate surface area is 159 Å². The zero-order chi connectivity index (χ0) is 17.9. The highest BCUT2D eigenvalue weighted by Crippen LogP contribution is 2.34. The molecule has 3 nitrogen and oxygen atoms in total. The standard InChI is InChI=1S/C20H17FN2OS2/c21-15-8-6-14(7-9-15)20-22-16(13-26-20)12-19(24)23-10-3-11-25-18-5-2-1-4-17(18)23/h1-2,4-9,13H,3,10-12H2. The van der Waals surface area contributed by atoms with E-state index in [1.807, 2.05) is 28.5 Å². The number of fused-ring (bicyclic) bond motifs is 1. The van der Waals surface area contributed by atoms with E-state index in [2.05, 4.69) is 11.1 Å². The highest BCUT2D eigenvalue weighted by molar-refractivity contribution is 7.99. The summed E-state index contributed by atoms with van der Waals surface area (Å²) in [5, 5.41) is 2.72. The topological polar surface area (TPSA) is 33.2 Å². The van der Waals surface area contributed by atoms with Crippen molar-refractivity contribution in [2.24, 2.45) is 0 Å². The quantitative estimate of drug-likeness (QED) is 0.636. The number of hydrogen-bond acceptors (Lipinski definition) is 4. The number of thiazole rings is 1. The molecule has 1 amide bonds. The van der Waals surface area contributed by atoms with Gasteiger partial charge in [-0.25, -0.2) is 9.37 Å². The van der Waals surface area contributed by atoms with Gasteiger partial charge in [-0.2, -0.15) is 0 Å². The first-order valence-corrected chi connectivity index (χ1v) is 10.3. The number of carbonyl (C=O) groups excluding carboxylic acids is 1. The van der Waals surface area contributed by atoms with Crippen molar-refractivity contribution in [3.05, 3.63) is 65.4 Å². The van der Waals surface area contributed by atoms with Crippen LogP contribution in [0, 0.1) is 5.82 Å². The Morgan fingerprint density at radius 2 is 1.96 bits per heavy atom. The smallest absolute Gasteiger partial charge is 0.233 e. The fourth-order valence-corrected chi connectivity index (χ4v) is 4.77. The molecule has 0 saturated heterocycles. The molecule has 132 valence electrons. The Bertz CT molecular complexity index is 924. The number of anilines is 1. The first-order valence-electron chi connectivity index (χ1n) is 8.43. The van der Waals surface area contributed by atoms with E-state index in [1.54, 1.807) is 23.9 Å². The summed E-state index contributed by atoms with van der Waals surface area (Å²) in [6.45, 7) is 0.734. The maximum absolute atomic E-state index is 13.1. The molecule has 1 aliphatic rings. The number of halogens is 1. The van der Waals surface area contributed by atoms with Gasteiger partial charge in [0.1, 0.15) is 10.8 Å². The molecule has 3 aromatic rings. The van der Waals surface area contributed by atoms with Gasteiger partial charge < -0.3 is 4.90 Å². The molecule has 2 aromatic carbocycles. The van der Waals surface area contributed by atoms with Crippen molar-refractivity contribution in [2.75, 3.05) is 17.2 Å². The number of nitrogens with zero attached hydrogens (tertiary/aromatic N) is 2. The highest BCUT2D eigenvalue weighted by atomic mass is 32.2. The zero-order valence-electron chi connectivity index (χ0n) is 14.0. The Hall–Kier alpha value is -2.18. The average Bonchev–Trinajstić information content (AvgIpc) is 3.00. The normalized spacial score (nSPS) is 14.0. The highest BCUT2D eigenvalue weighted by Gasteiger charge is 2.22. The van der Waals surface area contributed by atoms with Crippen LogP contribution < -0.4 is 4.90 Å². The summed E-state index contributed by atoms with van der Waals surface area (Å²) in [4.78, 5) is 20.5. The lowest BCUT2D eigenvalue weighted by Gasteiger charge is -2.22. The second kappa shape index (κ2) is 7.60. The lowest BCUT2D eigenvalue weighted by atomic mass is 10.2. The zero-order valence-corrected chi connectivity index (χ0v) is 15.7. The van der Waals surface area contributed by atoms with E-state index in [-0.39, 0.29) is 18.1 Å². The summed E-state index contributed by atoms with van der Waals surface area (Å²) in [6.07, 6.45) is 1.25. The number of rotatable bonds is 3. The summed E-state index contributed by atoms with van der Waals surface area (Å²) in [6, 6.07) is 14.3. The third-order valence-electron chi connectivity index (χ3n) is 4.22. The van der Waals surface area contributed by atoms with Crippen LogP contribution in [0.4, 0.5) is 10.1 Å². The summed E-state index contributed by atoms with van der Waals surface area (Å²) in [5.41, 5.74) is 2.62. The van der Waals surface area contributed by atoms with Crippen molar-refractivity contribution in [3.63, 3.8) is 0 Å².